The summed E-state index contributed by atoms with van der Waals surface area (Å²) in [5.41, 5.74) is 2.77. The Labute approximate surface area is 132 Å². The number of imidazole rings is 1. The second-order valence-corrected chi connectivity index (χ2v) is 6.37. The van der Waals surface area contributed by atoms with E-state index >= 15 is 0 Å². The molecule has 2 aromatic carbocycles. The van der Waals surface area contributed by atoms with Gasteiger partial charge in [0.2, 0.25) is 5.91 Å². The van der Waals surface area contributed by atoms with Crippen molar-refractivity contribution in [3.8, 4) is 11.4 Å². The van der Waals surface area contributed by atoms with Crippen LogP contribution in [-0.4, -0.2) is 15.5 Å². The van der Waals surface area contributed by atoms with E-state index in [2.05, 4.69) is 4.57 Å². The molecule has 0 bridgehead atoms. The number of para-hydroxylation sites is 2. The lowest BCUT2D eigenvalue weighted by Crippen LogP contribution is -2.48. The van der Waals surface area contributed by atoms with Crippen LogP contribution in [0.3, 0.4) is 0 Å². The maximum absolute atomic E-state index is 13.8. The molecule has 2 aliphatic heterocycles. The number of hydrogen-bond acceptors (Lipinski definition) is 2. The standard InChI is InChI=1S/C18H14FN3O/c1-18-9-8-16(23)21(18)15-10-11(19)6-7-12(15)17-20-13-4-2-3-5-14(13)22(17)18/h2-7,10H,8-9H2,1H3. The Morgan fingerprint density at radius 3 is 2.91 bits per heavy atom. The summed E-state index contributed by atoms with van der Waals surface area (Å²) in [6.07, 6.45) is 1.15. The Bertz CT molecular complexity index is 993. The molecule has 5 heteroatoms. The molecule has 1 fully saturated rings. The van der Waals surface area contributed by atoms with Crippen LogP contribution < -0.4 is 4.90 Å². The van der Waals surface area contributed by atoms with E-state index in [4.69, 9.17) is 4.98 Å². The van der Waals surface area contributed by atoms with Gasteiger partial charge in [0.25, 0.3) is 0 Å². The summed E-state index contributed by atoms with van der Waals surface area (Å²) in [5.74, 6) is 0.493. The number of aromatic nitrogens is 2. The van der Waals surface area contributed by atoms with Gasteiger partial charge in [-0.3, -0.25) is 14.3 Å². The molecule has 0 saturated carbocycles. The summed E-state index contributed by atoms with van der Waals surface area (Å²) < 4.78 is 16.0. The number of halogens is 1. The van der Waals surface area contributed by atoms with Gasteiger partial charge in [-0.05, 0) is 43.7 Å². The van der Waals surface area contributed by atoms with Gasteiger partial charge in [0.05, 0.1) is 16.7 Å². The van der Waals surface area contributed by atoms with Crippen LogP contribution >= 0.6 is 0 Å². The van der Waals surface area contributed by atoms with Crippen LogP contribution in [0.25, 0.3) is 22.4 Å². The predicted octanol–water partition coefficient (Wildman–Crippen LogP) is 3.66. The number of carbonyl (C=O) groups is 1. The number of anilines is 1. The van der Waals surface area contributed by atoms with Crippen LogP contribution in [0.15, 0.2) is 42.5 Å². The molecule has 0 spiro atoms. The van der Waals surface area contributed by atoms with Crippen LogP contribution in [-0.2, 0) is 10.5 Å². The molecular weight excluding hydrogens is 293 g/mol. The Morgan fingerprint density at radius 2 is 2.04 bits per heavy atom. The average molecular weight is 307 g/mol. The van der Waals surface area contributed by atoms with Gasteiger partial charge in [0.15, 0.2) is 0 Å². The fourth-order valence-corrected chi connectivity index (χ4v) is 4.01. The molecule has 0 N–H and O–H groups in total. The maximum Gasteiger partial charge on any atom is 0.229 e. The van der Waals surface area contributed by atoms with Gasteiger partial charge in [-0.15, -0.1) is 0 Å². The average Bonchev–Trinajstić information content (AvgIpc) is 3.06. The van der Waals surface area contributed by atoms with E-state index in [1.165, 1.54) is 12.1 Å². The molecule has 1 unspecified atom stereocenters. The first-order valence-corrected chi connectivity index (χ1v) is 7.70. The highest BCUT2D eigenvalue weighted by Gasteiger charge is 2.49. The van der Waals surface area contributed by atoms with Crippen molar-refractivity contribution in [1.29, 1.82) is 0 Å². The third kappa shape index (κ3) is 1.44. The Morgan fingerprint density at radius 1 is 1.22 bits per heavy atom. The molecule has 0 aliphatic carbocycles. The molecule has 4 nitrogen and oxygen atoms in total. The SMILES string of the molecule is CC12CCC(=O)N1c1cc(F)ccc1-c1nc3ccccc3n12. The first kappa shape index (κ1) is 12.8. The number of benzene rings is 2. The van der Waals surface area contributed by atoms with E-state index in [9.17, 15) is 9.18 Å². The second kappa shape index (κ2) is 3.98. The van der Waals surface area contributed by atoms with E-state index < -0.39 is 5.66 Å². The monoisotopic (exact) mass is 307 g/mol. The van der Waals surface area contributed by atoms with E-state index in [-0.39, 0.29) is 11.7 Å². The first-order valence-electron chi connectivity index (χ1n) is 7.70. The van der Waals surface area contributed by atoms with E-state index in [1.807, 2.05) is 31.2 Å². The minimum Gasteiger partial charge on any atom is -0.300 e. The molecule has 23 heavy (non-hydrogen) atoms. The normalized spacial score (nSPS) is 22.2. The Hall–Kier alpha value is -2.69. The van der Waals surface area contributed by atoms with Gasteiger partial charge in [-0.2, -0.15) is 0 Å². The predicted molar refractivity (Wildman–Crippen MR) is 85.5 cm³/mol. The van der Waals surface area contributed by atoms with Crippen LogP contribution in [0.2, 0.25) is 0 Å². The summed E-state index contributed by atoms with van der Waals surface area (Å²) in [7, 11) is 0. The lowest BCUT2D eigenvalue weighted by atomic mass is 10.0. The highest BCUT2D eigenvalue weighted by molar-refractivity contribution is 6.03. The largest absolute Gasteiger partial charge is 0.300 e. The van der Waals surface area contributed by atoms with Crippen molar-refractivity contribution in [2.45, 2.75) is 25.4 Å². The summed E-state index contributed by atoms with van der Waals surface area (Å²) in [6, 6.07) is 12.5. The molecular formula is C18H14FN3O. The van der Waals surface area contributed by atoms with Gasteiger partial charge in [0, 0.05) is 12.0 Å². The van der Waals surface area contributed by atoms with Crippen LogP contribution in [0.5, 0.6) is 0 Å². The van der Waals surface area contributed by atoms with Crippen molar-refractivity contribution in [2.24, 2.45) is 0 Å². The Balaban J connectivity index is 1.96. The molecule has 1 saturated heterocycles. The van der Waals surface area contributed by atoms with Crippen LogP contribution in [0.1, 0.15) is 19.8 Å². The van der Waals surface area contributed by atoms with Crippen molar-refractivity contribution in [3.05, 3.63) is 48.3 Å². The van der Waals surface area contributed by atoms with Crippen molar-refractivity contribution < 1.29 is 9.18 Å². The van der Waals surface area contributed by atoms with Crippen LogP contribution in [0.4, 0.5) is 10.1 Å². The van der Waals surface area contributed by atoms with Gasteiger partial charge in [-0.25, -0.2) is 9.37 Å². The van der Waals surface area contributed by atoms with Crippen molar-refractivity contribution in [3.63, 3.8) is 0 Å². The van der Waals surface area contributed by atoms with Crippen molar-refractivity contribution >= 4 is 22.6 Å². The van der Waals surface area contributed by atoms with Gasteiger partial charge < -0.3 is 0 Å². The van der Waals surface area contributed by atoms with Crippen molar-refractivity contribution in [1.82, 2.24) is 9.55 Å². The number of rotatable bonds is 0. The zero-order valence-electron chi connectivity index (χ0n) is 12.6. The lowest BCUT2D eigenvalue weighted by Gasteiger charge is -2.42. The maximum atomic E-state index is 13.8. The fraction of sp³-hybridized carbons (Fsp3) is 0.222. The molecule has 1 aromatic heterocycles. The van der Waals surface area contributed by atoms with Gasteiger partial charge >= 0.3 is 0 Å². The molecule has 3 heterocycles. The highest BCUT2D eigenvalue weighted by Crippen LogP contribution is 2.50. The topological polar surface area (TPSA) is 38.1 Å². The second-order valence-electron chi connectivity index (χ2n) is 6.37. The number of carbonyl (C=O) groups excluding carboxylic acids is 1. The van der Waals surface area contributed by atoms with Gasteiger partial charge in [0.1, 0.15) is 17.3 Å². The molecule has 2 aliphatic rings. The number of hydrogen-bond donors (Lipinski definition) is 0. The third-order valence-electron chi connectivity index (χ3n) is 5.03. The third-order valence-corrected chi connectivity index (χ3v) is 5.03. The summed E-state index contributed by atoms with van der Waals surface area (Å²) >= 11 is 0. The minimum atomic E-state index is -0.538. The first-order chi connectivity index (χ1) is 11.1. The number of amides is 1. The smallest absolute Gasteiger partial charge is 0.229 e. The van der Waals surface area contributed by atoms with E-state index in [1.54, 1.807) is 11.0 Å². The van der Waals surface area contributed by atoms with Crippen molar-refractivity contribution in [2.75, 3.05) is 4.90 Å². The number of nitrogens with zero attached hydrogens (tertiary/aromatic N) is 3. The molecule has 1 amide bonds. The van der Waals surface area contributed by atoms with E-state index in [0.717, 1.165) is 22.4 Å². The lowest BCUT2D eigenvalue weighted by molar-refractivity contribution is -0.117. The summed E-state index contributed by atoms with van der Waals surface area (Å²) in [6.45, 7) is 2.03. The fourth-order valence-electron chi connectivity index (χ4n) is 4.01. The summed E-state index contributed by atoms with van der Waals surface area (Å²) in [5, 5.41) is 0. The zero-order chi connectivity index (χ0) is 15.8. The quantitative estimate of drug-likeness (QED) is 0.636. The molecule has 0 radical (unpaired) electrons. The van der Waals surface area contributed by atoms with E-state index in [0.29, 0.717) is 18.5 Å². The van der Waals surface area contributed by atoms with Gasteiger partial charge in [-0.1, -0.05) is 12.1 Å². The summed E-state index contributed by atoms with van der Waals surface area (Å²) in [4.78, 5) is 19.0. The molecule has 3 aromatic rings. The molecule has 1 atom stereocenters. The minimum absolute atomic E-state index is 0.0304. The zero-order valence-corrected chi connectivity index (χ0v) is 12.6. The highest BCUT2D eigenvalue weighted by atomic mass is 19.1. The number of fused-ring (bicyclic) bond motifs is 8. The van der Waals surface area contributed by atoms with Crippen LogP contribution in [0, 0.1) is 5.82 Å². The molecule has 5 rings (SSSR count). The molecule has 114 valence electrons. The Kier molecular flexibility index (Phi) is 2.22.